The molecule has 0 amide bonds. The third-order valence-electron chi connectivity index (χ3n) is 5.18. The summed E-state index contributed by atoms with van der Waals surface area (Å²) in [7, 11) is 4.06. The maximum Gasteiger partial charge on any atom is 0.135 e. The lowest BCUT2D eigenvalue weighted by Crippen LogP contribution is -2.29. The fraction of sp³-hybridized carbons (Fsp3) is 0.304. The highest BCUT2D eigenvalue weighted by molar-refractivity contribution is 5.65. The quantitative estimate of drug-likeness (QED) is 0.618. The predicted octanol–water partition coefficient (Wildman–Crippen LogP) is 5.02. The van der Waals surface area contributed by atoms with Crippen molar-refractivity contribution in [3.63, 3.8) is 0 Å². The van der Waals surface area contributed by atoms with Crippen molar-refractivity contribution in [1.29, 1.82) is 0 Å². The minimum Gasteiger partial charge on any atom is -0.378 e. The summed E-state index contributed by atoms with van der Waals surface area (Å²) in [4.78, 5) is 13.2. The van der Waals surface area contributed by atoms with Crippen molar-refractivity contribution in [1.82, 2.24) is 9.97 Å². The van der Waals surface area contributed by atoms with E-state index in [-0.39, 0.29) is 0 Å². The molecule has 0 radical (unpaired) electrons. The minimum absolute atomic E-state index is 0.755. The van der Waals surface area contributed by atoms with Crippen molar-refractivity contribution in [3.05, 3.63) is 60.9 Å². The molecule has 0 spiro atoms. The Labute approximate surface area is 172 Å². The number of hydrogen-bond acceptors (Lipinski definition) is 6. The summed E-state index contributed by atoms with van der Waals surface area (Å²) >= 11 is 0. The summed E-state index contributed by atoms with van der Waals surface area (Å²) < 4.78 is 0. The molecule has 0 unspecified atom stereocenters. The molecule has 6 heteroatoms. The monoisotopic (exact) mass is 388 g/mol. The molecule has 0 aliphatic carbocycles. The van der Waals surface area contributed by atoms with Gasteiger partial charge in [0.2, 0.25) is 0 Å². The molecule has 0 saturated carbocycles. The molecule has 2 aromatic carbocycles. The molecule has 1 aliphatic heterocycles. The van der Waals surface area contributed by atoms with E-state index in [2.05, 4.69) is 66.8 Å². The van der Waals surface area contributed by atoms with E-state index < -0.39 is 0 Å². The number of rotatable bonds is 6. The predicted molar refractivity (Wildman–Crippen MR) is 122 cm³/mol. The van der Waals surface area contributed by atoms with E-state index in [1.807, 2.05) is 32.3 Å². The number of piperidine rings is 1. The van der Waals surface area contributed by atoms with Gasteiger partial charge in [-0.25, -0.2) is 9.97 Å². The Kier molecular flexibility index (Phi) is 5.79. The lowest BCUT2D eigenvalue weighted by molar-refractivity contribution is 0.578. The normalized spacial score (nSPS) is 13.8. The molecule has 0 bridgehead atoms. The Hall–Kier alpha value is -3.28. The molecule has 1 aromatic heterocycles. The zero-order valence-electron chi connectivity index (χ0n) is 17.1. The Bertz CT molecular complexity index is 915. The summed E-state index contributed by atoms with van der Waals surface area (Å²) in [5.74, 6) is 1.52. The fourth-order valence-corrected chi connectivity index (χ4v) is 3.54. The molecule has 6 nitrogen and oxygen atoms in total. The van der Waals surface area contributed by atoms with Gasteiger partial charge in [-0.1, -0.05) is 0 Å². The molecule has 1 fully saturated rings. The third kappa shape index (κ3) is 4.96. The Morgan fingerprint density at radius 1 is 0.759 bits per heavy atom. The van der Waals surface area contributed by atoms with Crippen LogP contribution in [-0.4, -0.2) is 37.2 Å². The van der Waals surface area contributed by atoms with Crippen molar-refractivity contribution in [3.8, 4) is 0 Å². The van der Waals surface area contributed by atoms with Crippen LogP contribution in [0.1, 0.15) is 19.3 Å². The molecular formula is C23H28N6. The zero-order valence-corrected chi connectivity index (χ0v) is 17.1. The van der Waals surface area contributed by atoms with Crippen molar-refractivity contribution in [2.75, 3.05) is 47.6 Å². The van der Waals surface area contributed by atoms with Crippen molar-refractivity contribution < 1.29 is 0 Å². The molecule has 0 atom stereocenters. The first kappa shape index (κ1) is 19.1. The van der Waals surface area contributed by atoms with Crippen molar-refractivity contribution in [2.24, 2.45) is 0 Å². The van der Waals surface area contributed by atoms with E-state index in [4.69, 9.17) is 0 Å². The van der Waals surface area contributed by atoms with Gasteiger partial charge in [-0.15, -0.1) is 0 Å². The van der Waals surface area contributed by atoms with Gasteiger partial charge in [0.05, 0.1) is 0 Å². The van der Waals surface area contributed by atoms with E-state index in [1.165, 1.54) is 24.9 Å². The summed E-state index contributed by atoms with van der Waals surface area (Å²) in [6.45, 7) is 2.31. The van der Waals surface area contributed by atoms with Gasteiger partial charge in [-0.05, 0) is 67.8 Å². The Balaban J connectivity index is 1.40. The molecule has 150 valence electrons. The summed E-state index contributed by atoms with van der Waals surface area (Å²) in [5.41, 5.74) is 4.46. The van der Waals surface area contributed by atoms with Crippen LogP contribution < -0.4 is 20.4 Å². The number of anilines is 6. The summed E-state index contributed by atoms with van der Waals surface area (Å²) in [6, 6.07) is 18.7. The Morgan fingerprint density at radius 2 is 1.31 bits per heavy atom. The number of aromatic nitrogens is 2. The largest absolute Gasteiger partial charge is 0.378 e. The van der Waals surface area contributed by atoms with Crippen LogP contribution in [0, 0.1) is 0 Å². The zero-order chi connectivity index (χ0) is 20.1. The SMILES string of the molecule is CN(C)c1ccc(Nc2cc(Nc3ccc(N4CCCCC4)cc3)ncn2)cc1. The van der Waals surface area contributed by atoms with Crippen LogP contribution in [0.15, 0.2) is 60.9 Å². The highest BCUT2D eigenvalue weighted by Gasteiger charge is 2.10. The summed E-state index contributed by atoms with van der Waals surface area (Å²) in [5, 5.41) is 6.70. The van der Waals surface area contributed by atoms with E-state index in [0.29, 0.717) is 0 Å². The van der Waals surface area contributed by atoms with E-state index >= 15 is 0 Å². The third-order valence-corrected chi connectivity index (χ3v) is 5.18. The molecular weight excluding hydrogens is 360 g/mol. The molecule has 2 heterocycles. The lowest BCUT2D eigenvalue weighted by atomic mass is 10.1. The lowest BCUT2D eigenvalue weighted by Gasteiger charge is -2.28. The van der Waals surface area contributed by atoms with Gasteiger partial charge < -0.3 is 20.4 Å². The molecule has 3 aromatic rings. The Morgan fingerprint density at radius 3 is 1.86 bits per heavy atom. The second kappa shape index (κ2) is 8.82. The fourth-order valence-electron chi connectivity index (χ4n) is 3.54. The molecule has 2 N–H and O–H groups in total. The average Bonchev–Trinajstić information content (AvgIpc) is 2.76. The second-order valence-corrected chi connectivity index (χ2v) is 7.57. The van der Waals surface area contributed by atoms with Gasteiger partial charge >= 0.3 is 0 Å². The smallest absolute Gasteiger partial charge is 0.135 e. The number of nitrogens with zero attached hydrogens (tertiary/aromatic N) is 4. The molecule has 29 heavy (non-hydrogen) atoms. The highest BCUT2D eigenvalue weighted by atomic mass is 15.1. The van der Waals surface area contributed by atoms with E-state index in [9.17, 15) is 0 Å². The number of hydrogen-bond donors (Lipinski definition) is 2. The maximum atomic E-state index is 4.35. The first-order chi connectivity index (χ1) is 14.2. The van der Waals surface area contributed by atoms with Crippen LogP contribution >= 0.6 is 0 Å². The van der Waals surface area contributed by atoms with Crippen LogP contribution in [-0.2, 0) is 0 Å². The molecule has 1 aliphatic rings. The maximum absolute atomic E-state index is 4.35. The first-order valence-corrected chi connectivity index (χ1v) is 10.2. The number of nitrogens with one attached hydrogen (secondary N) is 2. The van der Waals surface area contributed by atoms with E-state index in [1.54, 1.807) is 6.33 Å². The highest BCUT2D eigenvalue weighted by Crippen LogP contribution is 2.24. The minimum atomic E-state index is 0.755. The van der Waals surface area contributed by atoms with Gasteiger partial charge in [0, 0.05) is 56.0 Å². The van der Waals surface area contributed by atoms with Gasteiger partial charge in [0.25, 0.3) is 0 Å². The topological polar surface area (TPSA) is 56.3 Å². The van der Waals surface area contributed by atoms with Crippen LogP contribution in [0.4, 0.5) is 34.4 Å². The molecule has 1 saturated heterocycles. The molecule has 4 rings (SSSR count). The van der Waals surface area contributed by atoms with Gasteiger partial charge in [-0.2, -0.15) is 0 Å². The van der Waals surface area contributed by atoms with Crippen LogP contribution in [0.25, 0.3) is 0 Å². The number of benzene rings is 2. The first-order valence-electron chi connectivity index (χ1n) is 10.2. The van der Waals surface area contributed by atoms with Gasteiger partial charge in [-0.3, -0.25) is 0 Å². The van der Waals surface area contributed by atoms with Crippen LogP contribution in [0.5, 0.6) is 0 Å². The van der Waals surface area contributed by atoms with Crippen LogP contribution in [0.3, 0.4) is 0 Å². The van der Waals surface area contributed by atoms with Crippen molar-refractivity contribution in [2.45, 2.75) is 19.3 Å². The average molecular weight is 389 g/mol. The standard InChI is InChI=1S/C23H28N6/c1-28(2)20-10-6-18(7-11-20)26-22-16-23(25-17-24-22)27-19-8-12-21(13-9-19)29-14-4-3-5-15-29/h6-13,16-17H,3-5,14-15H2,1-2H3,(H2,24,25,26,27). The second-order valence-electron chi connectivity index (χ2n) is 7.57. The van der Waals surface area contributed by atoms with Gasteiger partial charge in [0.1, 0.15) is 18.0 Å². The van der Waals surface area contributed by atoms with Crippen molar-refractivity contribution >= 4 is 34.4 Å². The van der Waals surface area contributed by atoms with E-state index in [0.717, 1.165) is 41.8 Å². The van der Waals surface area contributed by atoms with Gasteiger partial charge in [0.15, 0.2) is 0 Å². The summed E-state index contributed by atoms with van der Waals surface area (Å²) in [6.07, 6.45) is 5.49. The van der Waals surface area contributed by atoms with Crippen LogP contribution in [0.2, 0.25) is 0 Å².